The number of ether oxygens (including phenoxy) is 1. The predicted molar refractivity (Wildman–Crippen MR) is 75.8 cm³/mol. The first-order valence-electron chi connectivity index (χ1n) is 6.60. The van der Waals surface area contributed by atoms with Crippen LogP contribution in [0.25, 0.3) is 5.57 Å². The van der Waals surface area contributed by atoms with Crippen LogP contribution in [0.5, 0.6) is 5.88 Å². The molecule has 0 amide bonds. The number of hydrogen-bond acceptors (Lipinski definition) is 9. The molecule has 122 valence electrons. The van der Waals surface area contributed by atoms with Crippen molar-refractivity contribution in [2.24, 2.45) is 0 Å². The maximum atomic E-state index is 8.93. The molecule has 0 unspecified atom stereocenters. The molecule has 2 heterocycles. The molecule has 0 radical (unpaired) electrons. The Bertz CT molecular complexity index is 554. The van der Waals surface area contributed by atoms with Crippen LogP contribution in [0.15, 0.2) is 6.08 Å². The van der Waals surface area contributed by atoms with Gasteiger partial charge in [-0.2, -0.15) is 4.37 Å². The summed E-state index contributed by atoms with van der Waals surface area (Å²) < 4.78 is 14.2. The van der Waals surface area contributed by atoms with Gasteiger partial charge in [-0.15, -0.1) is 4.37 Å². The van der Waals surface area contributed by atoms with Crippen molar-refractivity contribution in [3.63, 3.8) is 0 Å². The second-order valence-corrected chi connectivity index (χ2v) is 5.44. The Kier molecular flexibility index (Phi) is 14.5. The number of carbonyl (C=O) groups is 2. The fourth-order valence-corrected chi connectivity index (χ4v) is 2.26. The summed E-state index contributed by atoms with van der Waals surface area (Å²) in [6.45, 7) is 6.05. The summed E-state index contributed by atoms with van der Waals surface area (Å²) in [5, 5.41) is 17.9. The number of rotatable bonds is 3. The molecule has 0 aliphatic carbocycles. The third-order valence-electron chi connectivity index (χ3n) is 2.62. The Balaban J connectivity index is 0. The van der Waals surface area contributed by atoms with E-state index in [1.165, 1.54) is 17.3 Å². The Labute approximate surface area is 189 Å². The number of carboxylic acid groups (broad SMARTS) is 2. The van der Waals surface area contributed by atoms with Crippen LogP contribution in [0, 0.1) is 0 Å². The second kappa shape index (κ2) is 13.2. The topological polar surface area (TPSA) is 119 Å². The van der Waals surface area contributed by atoms with Gasteiger partial charge in [0, 0.05) is 13.1 Å². The SMILES string of the molecule is CC(C)Oc1nsnc1C1=CCCN(C)C1.O=C([O-])C(=O)[O-].[Na+].[Na+]. The first kappa shape index (κ1) is 26.2. The van der Waals surface area contributed by atoms with Gasteiger partial charge in [-0.25, -0.2) is 0 Å². The van der Waals surface area contributed by atoms with E-state index >= 15 is 0 Å². The van der Waals surface area contributed by atoms with Gasteiger partial charge in [0.1, 0.15) is 5.69 Å². The van der Waals surface area contributed by atoms with Crippen molar-refractivity contribution in [3.8, 4) is 5.88 Å². The quantitative estimate of drug-likeness (QED) is 0.379. The van der Waals surface area contributed by atoms with Crippen molar-refractivity contribution in [3.05, 3.63) is 11.8 Å². The third kappa shape index (κ3) is 9.47. The summed E-state index contributed by atoms with van der Waals surface area (Å²) in [6.07, 6.45) is 3.46. The standard InChI is InChI=1S/C11H17N3OS.C2H2O4.2Na/c1-8(2)15-11-10(12-16-13-11)9-5-4-6-14(3)7-9;3-1(4)2(5)6;;/h5,8H,4,6-7H2,1-3H3;(H,3,4)(H,5,6);;/q;;2*+1/p-2. The van der Waals surface area contributed by atoms with Crippen LogP contribution in [-0.4, -0.2) is 51.8 Å². The molecule has 2 rings (SSSR count). The van der Waals surface area contributed by atoms with Crippen LogP contribution < -0.4 is 74.1 Å². The Morgan fingerprint density at radius 1 is 1.25 bits per heavy atom. The van der Waals surface area contributed by atoms with Crippen LogP contribution in [0.4, 0.5) is 0 Å². The van der Waals surface area contributed by atoms with E-state index < -0.39 is 11.9 Å². The largest absolute Gasteiger partial charge is 1.00 e. The van der Waals surface area contributed by atoms with Gasteiger partial charge in [0.25, 0.3) is 5.88 Å². The zero-order valence-electron chi connectivity index (χ0n) is 14.6. The van der Waals surface area contributed by atoms with E-state index in [-0.39, 0.29) is 65.2 Å². The summed E-state index contributed by atoms with van der Waals surface area (Å²) in [5.41, 5.74) is 2.16. The molecule has 1 aliphatic rings. The van der Waals surface area contributed by atoms with Crippen LogP contribution in [0.2, 0.25) is 0 Å². The van der Waals surface area contributed by atoms with Gasteiger partial charge < -0.3 is 29.4 Å². The molecule has 0 atom stereocenters. The molecule has 0 N–H and O–H groups in total. The molecule has 24 heavy (non-hydrogen) atoms. The van der Waals surface area contributed by atoms with Crippen molar-refractivity contribution in [2.75, 3.05) is 20.1 Å². The minimum Gasteiger partial charge on any atom is -0.543 e. The molecule has 0 fully saturated rings. The first-order valence-corrected chi connectivity index (χ1v) is 7.33. The summed E-state index contributed by atoms with van der Waals surface area (Å²) >= 11 is 1.22. The van der Waals surface area contributed by atoms with E-state index in [4.69, 9.17) is 24.5 Å². The van der Waals surface area contributed by atoms with E-state index in [1.807, 2.05) is 13.8 Å². The van der Waals surface area contributed by atoms with E-state index in [1.54, 1.807) is 0 Å². The number of aromatic nitrogens is 2. The molecular formula is C13H17N3Na2O5S. The minimum absolute atomic E-state index is 0. The molecule has 1 aromatic heterocycles. The van der Waals surface area contributed by atoms with Crippen molar-refractivity contribution >= 4 is 29.2 Å². The maximum absolute atomic E-state index is 8.93. The molecule has 0 aromatic carbocycles. The van der Waals surface area contributed by atoms with Gasteiger partial charge in [-0.1, -0.05) is 6.08 Å². The van der Waals surface area contributed by atoms with Crippen LogP contribution >= 0.6 is 11.7 Å². The minimum atomic E-state index is -2.19. The van der Waals surface area contributed by atoms with Gasteiger partial charge in [0.2, 0.25) is 0 Å². The summed E-state index contributed by atoms with van der Waals surface area (Å²) in [7, 11) is 2.12. The monoisotopic (exact) mass is 373 g/mol. The van der Waals surface area contributed by atoms with E-state index in [0.717, 1.165) is 25.2 Å². The van der Waals surface area contributed by atoms with Crippen molar-refractivity contribution in [1.82, 2.24) is 13.6 Å². The number of hydrogen-bond donors (Lipinski definition) is 0. The smallest absolute Gasteiger partial charge is 0.543 e. The number of likely N-dealkylation sites (N-methyl/N-ethyl adjacent to an activating group) is 1. The van der Waals surface area contributed by atoms with Crippen molar-refractivity contribution in [2.45, 2.75) is 26.4 Å². The average molecular weight is 373 g/mol. The number of aliphatic carboxylic acids is 2. The zero-order chi connectivity index (χ0) is 16.7. The Morgan fingerprint density at radius 3 is 2.29 bits per heavy atom. The molecule has 0 saturated heterocycles. The van der Waals surface area contributed by atoms with Gasteiger partial charge in [-0.05, 0) is 32.9 Å². The number of nitrogens with zero attached hydrogens (tertiary/aromatic N) is 3. The molecule has 11 heteroatoms. The van der Waals surface area contributed by atoms with Crippen molar-refractivity contribution < 1.29 is 83.7 Å². The fourth-order valence-electron chi connectivity index (χ4n) is 1.74. The molecule has 0 saturated carbocycles. The van der Waals surface area contributed by atoms with Gasteiger partial charge in [0.15, 0.2) is 0 Å². The number of carbonyl (C=O) groups excluding carboxylic acids is 2. The van der Waals surface area contributed by atoms with Crippen LogP contribution in [-0.2, 0) is 9.59 Å². The van der Waals surface area contributed by atoms with E-state index in [0.29, 0.717) is 5.88 Å². The molecule has 0 bridgehead atoms. The van der Waals surface area contributed by atoms with Gasteiger partial charge in [0.05, 0.1) is 29.8 Å². The summed E-state index contributed by atoms with van der Waals surface area (Å²) in [5.74, 6) is -3.69. The van der Waals surface area contributed by atoms with E-state index in [9.17, 15) is 0 Å². The van der Waals surface area contributed by atoms with Gasteiger partial charge in [-0.3, -0.25) is 0 Å². The molecule has 1 aromatic rings. The molecule has 1 aliphatic heterocycles. The molecule has 0 spiro atoms. The molecular weight excluding hydrogens is 356 g/mol. The molecule has 8 nitrogen and oxygen atoms in total. The zero-order valence-corrected chi connectivity index (χ0v) is 19.4. The predicted octanol–water partition coefficient (Wildman–Crippen LogP) is -7.46. The Hall–Kier alpha value is 0. The normalized spacial score (nSPS) is 13.6. The van der Waals surface area contributed by atoms with Crippen LogP contribution in [0.1, 0.15) is 26.0 Å². The van der Waals surface area contributed by atoms with E-state index in [2.05, 4.69) is 26.8 Å². The van der Waals surface area contributed by atoms with Crippen LogP contribution in [0.3, 0.4) is 0 Å². The first-order chi connectivity index (χ1) is 10.3. The summed E-state index contributed by atoms with van der Waals surface area (Å²) in [6, 6.07) is 0. The number of carboxylic acids is 2. The Morgan fingerprint density at radius 2 is 1.83 bits per heavy atom. The third-order valence-corrected chi connectivity index (χ3v) is 3.13. The van der Waals surface area contributed by atoms with Crippen molar-refractivity contribution in [1.29, 1.82) is 0 Å². The second-order valence-electron chi connectivity index (χ2n) is 4.92. The average Bonchev–Trinajstić information content (AvgIpc) is 2.86. The summed E-state index contributed by atoms with van der Waals surface area (Å²) in [4.78, 5) is 20.1. The fraction of sp³-hybridized carbons (Fsp3) is 0.538. The van der Waals surface area contributed by atoms with Gasteiger partial charge >= 0.3 is 59.1 Å². The maximum Gasteiger partial charge on any atom is 1.00 e.